The highest BCUT2D eigenvalue weighted by atomic mass is 16.5. The monoisotopic (exact) mass is 381 g/mol. The number of benzene rings is 4. The molecule has 29 heavy (non-hydrogen) atoms. The van der Waals surface area contributed by atoms with Crippen LogP contribution < -0.4 is 15.4 Å². The molecule has 0 fully saturated rings. The summed E-state index contributed by atoms with van der Waals surface area (Å²) in [4.78, 5) is 6.77. The van der Waals surface area contributed by atoms with Gasteiger partial charge in [-0.25, -0.2) is 4.99 Å². The van der Waals surface area contributed by atoms with Gasteiger partial charge in [-0.1, -0.05) is 48.5 Å². The molecule has 0 atom stereocenters. The van der Waals surface area contributed by atoms with Crippen LogP contribution in [0.3, 0.4) is 0 Å². The zero-order chi connectivity index (χ0) is 20.0. The van der Waals surface area contributed by atoms with Crippen LogP contribution in [0.15, 0.2) is 71.7 Å². The summed E-state index contributed by atoms with van der Waals surface area (Å²) in [6.45, 7) is 0. The van der Waals surface area contributed by atoms with Gasteiger partial charge in [-0.3, -0.25) is 0 Å². The number of methoxy groups -OCH3 is 1. The Labute approximate surface area is 170 Å². The van der Waals surface area contributed by atoms with Gasteiger partial charge >= 0.3 is 0 Å². The van der Waals surface area contributed by atoms with E-state index in [0.717, 1.165) is 40.7 Å². The maximum atomic E-state index is 6.47. The van der Waals surface area contributed by atoms with E-state index in [2.05, 4.69) is 42.5 Å². The summed E-state index contributed by atoms with van der Waals surface area (Å²) in [5.74, 6) is 1.32. The third kappa shape index (κ3) is 2.80. The van der Waals surface area contributed by atoms with E-state index < -0.39 is 0 Å². The fourth-order valence-electron chi connectivity index (χ4n) is 4.40. The van der Waals surface area contributed by atoms with Crippen molar-refractivity contribution in [3.05, 3.63) is 77.9 Å². The summed E-state index contributed by atoms with van der Waals surface area (Å²) in [5, 5.41) is 4.76. The van der Waals surface area contributed by atoms with Crippen molar-refractivity contribution in [3.63, 3.8) is 0 Å². The van der Waals surface area contributed by atoms with E-state index in [4.69, 9.17) is 15.5 Å². The molecule has 4 aromatic carbocycles. The van der Waals surface area contributed by atoms with Crippen molar-refractivity contribution < 1.29 is 4.74 Å². The van der Waals surface area contributed by atoms with Crippen molar-refractivity contribution in [2.24, 2.45) is 10.7 Å². The highest BCUT2D eigenvalue weighted by molar-refractivity contribution is 6.07. The van der Waals surface area contributed by atoms with Gasteiger partial charge in [0.05, 0.1) is 18.5 Å². The molecule has 4 aromatic rings. The third-order valence-corrected chi connectivity index (χ3v) is 5.88. The SMILES string of the molecule is COc1ccc(N(C)C(N)=Nc2ccc3cccc4c3c2CC4)c2ccccc12. The van der Waals surface area contributed by atoms with E-state index in [9.17, 15) is 0 Å². The van der Waals surface area contributed by atoms with Gasteiger partial charge in [-0.15, -0.1) is 0 Å². The minimum absolute atomic E-state index is 0.473. The Hall–Kier alpha value is -3.53. The standard InChI is InChI=1S/C25H23N3O/c1-28(22-14-15-23(29-2)19-9-4-3-8-18(19)22)25(26)27-21-13-11-17-7-5-6-16-10-12-20(21)24(16)17/h3-9,11,13-15H,10,12H2,1-2H3,(H2,26,27). The Morgan fingerprint density at radius 1 is 0.931 bits per heavy atom. The lowest BCUT2D eigenvalue weighted by molar-refractivity contribution is 0.420. The van der Waals surface area contributed by atoms with Gasteiger partial charge in [-0.2, -0.15) is 0 Å². The summed E-state index contributed by atoms with van der Waals surface area (Å²) in [7, 11) is 3.65. The minimum Gasteiger partial charge on any atom is -0.496 e. The summed E-state index contributed by atoms with van der Waals surface area (Å²) in [6.07, 6.45) is 2.08. The van der Waals surface area contributed by atoms with Crippen molar-refractivity contribution in [2.75, 3.05) is 19.1 Å². The Morgan fingerprint density at radius 2 is 1.76 bits per heavy atom. The number of hydrogen-bond acceptors (Lipinski definition) is 2. The molecule has 0 radical (unpaired) electrons. The zero-order valence-corrected chi connectivity index (χ0v) is 16.6. The molecule has 4 heteroatoms. The maximum absolute atomic E-state index is 6.47. The lowest BCUT2D eigenvalue weighted by atomic mass is 10.0. The second-order valence-corrected chi connectivity index (χ2v) is 7.44. The first kappa shape index (κ1) is 17.6. The fourth-order valence-corrected chi connectivity index (χ4v) is 4.40. The molecular formula is C25H23N3O. The first-order valence-corrected chi connectivity index (χ1v) is 9.84. The predicted octanol–water partition coefficient (Wildman–Crippen LogP) is 5.18. The van der Waals surface area contributed by atoms with Crippen molar-refractivity contribution >= 4 is 38.9 Å². The van der Waals surface area contributed by atoms with Crippen molar-refractivity contribution in [1.82, 2.24) is 0 Å². The molecule has 0 aromatic heterocycles. The molecule has 0 saturated carbocycles. The Balaban J connectivity index is 1.59. The average Bonchev–Trinajstić information content (AvgIpc) is 3.20. The van der Waals surface area contributed by atoms with Crippen molar-refractivity contribution in [3.8, 4) is 5.75 Å². The Morgan fingerprint density at radius 3 is 2.59 bits per heavy atom. The van der Waals surface area contributed by atoms with E-state index in [1.165, 1.54) is 21.9 Å². The van der Waals surface area contributed by atoms with Crippen LogP contribution in [-0.4, -0.2) is 20.1 Å². The van der Waals surface area contributed by atoms with E-state index in [1.54, 1.807) is 7.11 Å². The van der Waals surface area contributed by atoms with Gasteiger partial charge in [0.25, 0.3) is 0 Å². The highest BCUT2D eigenvalue weighted by Crippen LogP contribution is 2.37. The lowest BCUT2D eigenvalue weighted by Gasteiger charge is -2.21. The van der Waals surface area contributed by atoms with Crippen LogP contribution in [0.2, 0.25) is 0 Å². The fraction of sp³-hybridized carbons (Fsp3) is 0.160. The van der Waals surface area contributed by atoms with Crippen LogP contribution in [0, 0.1) is 0 Å². The van der Waals surface area contributed by atoms with Crippen LogP contribution in [0.1, 0.15) is 11.1 Å². The molecule has 5 rings (SSSR count). The zero-order valence-electron chi connectivity index (χ0n) is 16.6. The summed E-state index contributed by atoms with van der Waals surface area (Å²) in [5.41, 5.74) is 11.1. The van der Waals surface area contributed by atoms with Gasteiger partial charge in [0.15, 0.2) is 0 Å². The number of hydrogen-bond donors (Lipinski definition) is 1. The molecule has 0 saturated heterocycles. The largest absolute Gasteiger partial charge is 0.496 e. The molecule has 0 spiro atoms. The van der Waals surface area contributed by atoms with Crippen LogP contribution in [-0.2, 0) is 12.8 Å². The topological polar surface area (TPSA) is 50.9 Å². The van der Waals surface area contributed by atoms with Crippen LogP contribution in [0.25, 0.3) is 21.5 Å². The van der Waals surface area contributed by atoms with Crippen LogP contribution in [0.5, 0.6) is 5.75 Å². The second-order valence-electron chi connectivity index (χ2n) is 7.44. The normalized spacial score (nSPS) is 13.2. The van der Waals surface area contributed by atoms with E-state index >= 15 is 0 Å². The molecule has 0 aliphatic heterocycles. The molecule has 4 nitrogen and oxygen atoms in total. The second kappa shape index (κ2) is 6.82. The molecule has 0 bridgehead atoms. The quantitative estimate of drug-likeness (QED) is 0.393. The van der Waals surface area contributed by atoms with Crippen LogP contribution in [0.4, 0.5) is 11.4 Å². The molecule has 1 aliphatic carbocycles. The first-order chi connectivity index (χ1) is 14.2. The molecule has 144 valence electrons. The van der Waals surface area contributed by atoms with Gasteiger partial charge < -0.3 is 15.4 Å². The number of fused-ring (bicyclic) bond motifs is 1. The minimum atomic E-state index is 0.473. The number of guanidine groups is 1. The van der Waals surface area contributed by atoms with Crippen molar-refractivity contribution in [2.45, 2.75) is 12.8 Å². The number of aryl methyl sites for hydroxylation is 2. The number of ether oxygens (including phenoxy) is 1. The Kier molecular flexibility index (Phi) is 4.13. The number of nitrogens with zero attached hydrogens (tertiary/aromatic N) is 2. The molecule has 2 N–H and O–H groups in total. The number of nitrogens with two attached hydrogens (primary N) is 1. The molecule has 0 unspecified atom stereocenters. The van der Waals surface area contributed by atoms with Gasteiger partial charge in [0.2, 0.25) is 5.96 Å². The van der Waals surface area contributed by atoms with E-state index in [0.29, 0.717) is 5.96 Å². The first-order valence-electron chi connectivity index (χ1n) is 9.84. The summed E-state index contributed by atoms with van der Waals surface area (Å²) in [6, 6.07) is 22.9. The summed E-state index contributed by atoms with van der Waals surface area (Å²) >= 11 is 0. The number of aliphatic imine (C=N–C) groups is 1. The van der Waals surface area contributed by atoms with E-state index in [1.807, 2.05) is 36.2 Å². The lowest BCUT2D eigenvalue weighted by Crippen LogP contribution is -2.33. The van der Waals surface area contributed by atoms with Gasteiger partial charge in [-0.05, 0) is 52.9 Å². The van der Waals surface area contributed by atoms with Gasteiger partial charge in [0, 0.05) is 17.8 Å². The van der Waals surface area contributed by atoms with Gasteiger partial charge in [0.1, 0.15) is 5.75 Å². The van der Waals surface area contributed by atoms with Crippen LogP contribution >= 0.6 is 0 Å². The van der Waals surface area contributed by atoms with Crippen molar-refractivity contribution in [1.29, 1.82) is 0 Å². The summed E-state index contributed by atoms with van der Waals surface area (Å²) < 4.78 is 5.52. The third-order valence-electron chi connectivity index (χ3n) is 5.88. The molecule has 1 aliphatic rings. The Bertz CT molecular complexity index is 1280. The average molecular weight is 381 g/mol. The maximum Gasteiger partial charge on any atom is 0.200 e. The number of rotatable bonds is 3. The molecular weight excluding hydrogens is 358 g/mol. The molecule has 0 heterocycles. The predicted molar refractivity (Wildman–Crippen MR) is 122 cm³/mol. The van der Waals surface area contributed by atoms with E-state index in [-0.39, 0.29) is 0 Å². The smallest absolute Gasteiger partial charge is 0.200 e. The molecule has 0 amide bonds. The number of anilines is 1. The highest BCUT2D eigenvalue weighted by Gasteiger charge is 2.18.